The number of carbonyl (C=O) groups is 1. The van der Waals surface area contributed by atoms with Crippen LogP contribution in [0.5, 0.6) is 28.7 Å². The maximum Gasteiger partial charge on any atom is 0.174 e. The van der Waals surface area contributed by atoms with Gasteiger partial charge in [0.25, 0.3) is 0 Å². The second-order valence-corrected chi connectivity index (χ2v) is 10.00. The Balaban J connectivity index is 2.07. The highest BCUT2D eigenvalue weighted by atomic mass is 16.5. The molecule has 0 radical (unpaired) electrons. The molecule has 8 heteroatoms. The number of aliphatic hydroxyl groups is 2. The van der Waals surface area contributed by atoms with Crippen molar-refractivity contribution in [1.82, 2.24) is 0 Å². The number of fused-ring (bicyclic) bond motifs is 1. The lowest BCUT2D eigenvalue weighted by Crippen LogP contribution is -2.22. The van der Waals surface area contributed by atoms with Crippen LogP contribution < -0.4 is 4.74 Å². The first-order valence-corrected chi connectivity index (χ1v) is 10.9. The quantitative estimate of drug-likeness (QED) is 0.367. The van der Waals surface area contributed by atoms with Gasteiger partial charge in [-0.15, -0.1) is 0 Å². The second kappa shape index (κ2) is 8.76. The van der Waals surface area contributed by atoms with Gasteiger partial charge in [0.15, 0.2) is 5.78 Å². The number of phenols is 4. The Morgan fingerprint density at radius 2 is 1.52 bits per heavy atom. The Labute approximate surface area is 192 Å². The SMILES string of the molecule is CC(C)(O)CCc1cc([C@H]2CC(=O)c3c(O)cc(O)cc3O2)c(O)c(CCC(C)(C)O)c1O. The normalized spacial score (nSPS) is 16.4. The van der Waals surface area contributed by atoms with Crippen LogP contribution in [0.2, 0.25) is 0 Å². The minimum absolute atomic E-state index is 0.00249. The lowest BCUT2D eigenvalue weighted by molar-refractivity contribution is 0.0711. The minimum Gasteiger partial charge on any atom is -0.508 e. The fourth-order valence-electron chi connectivity index (χ4n) is 3.95. The first kappa shape index (κ1) is 24.7. The Morgan fingerprint density at radius 3 is 2.12 bits per heavy atom. The summed E-state index contributed by atoms with van der Waals surface area (Å²) in [5.41, 5.74) is -1.09. The van der Waals surface area contributed by atoms with Crippen LogP contribution in [-0.4, -0.2) is 47.6 Å². The van der Waals surface area contributed by atoms with E-state index < -0.39 is 23.1 Å². The molecule has 0 unspecified atom stereocenters. The summed E-state index contributed by atoms with van der Waals surface area (Å²) in [6.45, 7) is 6.55. The number of rotatable bonds is 7. The zero-order valence-corrected chi connectivity index (χ0v) is 19.3. The average Bonchev–Trinajstić information content (AvgIpc) is 2.64. The van der Waals surface area contributed by atoms with Gasteiger partial charge in [-0.25, -0.2) is 0 Å². The van der Waals surface area contributed by atoms with E-state index in [1.165, 1.54) is 6.07 Å². The van der Waals surface area contributed by atoms with E-state index in [-0.39, 0.29) is 64.7 Å². The lowest BCUT2D eigenvalue weighted by atomic mass is 9.88. The molecular formula is C25H32O8. The van der Waals surface area contributed by atoms with Gasteiger partial charge in [0.05, 0.1) is 17.6 Å². The molecule has 1 atom stereocenters. The van der Waals surface area contributed by atoms with Crippen molar-refractivity contribution >= 4 is 5.78 Å². The fourth-order valence-corrected chi connectivity index (χ4v) is 3.95. The lowest BCUT2D eigenvalue weighted by Gasteiger charge is -2.28. The number of aromatic hydroxyl groups is 4. The van der Waals surface area contributed by atoms with Gasteiger partial charge in [-0.2, -0.15) is 0 Å². The predicted molar refractivity (Wildman–Crippen MR) is 121 cm³/mol. The predicted octanol–water partition coefficient (Wildman–Crippen LogP) is 3.62. The Bertz CT molecular complexity index is 1060. The number of carbonyl (C=O) groups excluding carboxylic acids is 1. The molecule has 1 heterocycles. The van der Waals surface area contributed by atoms with Crippen molar-refractivity contribution < 1.29 is 40.2 Å². The number of hydrogen-bond donors (Lipinski definition) is 6. The van der Waals surface area contributed by atoms with Crippen molar-refractivity contribution in [2.24, 2.45) is 0 Å². The summed E-state index contributed by atoms with van der Waals surface area (Å²) in [6, 6.07) is 3.83. The summed E-state index contributed by atoms with van der Waals surface area (Å²) in [5.74, 6) is -1.44. The number of ketones is 1. The number of aryl methyl sites for hydroxylation is 1. The van der Waals surface area contributed by atoms with Gasteiger partial charge in [-0.05, 0) is 65.0 Å². The first-order chi connectivity index (χ1) is 15.2. The Hall–Kier alpha value is -2.97. The molecule has 33 heavy (non-hydrogen) atoms. The highest BCUT2D eigenvalue weighted by Crippen LogP contribution is 2.46. The summed E-state index contributed by atoms with van der Waals surface area (Å²) in [6.07, 6.45) is -0.0177. The number of Topliss-reactive ketones (excluding diaryl/α,β-unsaturated/α-hetero) is 1. The largest absolute Gasteiger partial charge is 0.508 e. The molecule has 0 aliphatic carbocycles. The van der Waals surface area contributed by atoms with E-state index in [1.54, 1.807) is 33.8 Å². The van der Waals surface area contributed by atoms with Crippen molar-refractivity contribution in [2.45, 2.75) is 77.1 Å². The fraction of sp³-hybridized carbons (Fsp3) is 0.480. The molecule has 0 saturated heterocycles. The minimum atomic E-state index is -1.03. The van der Waals surface area contributed by atoms with Crippen molar-refractivity contribution in [1.29, 1.82) is 0 Å². The average molecular weight is 461 g/mol. The Kier molecular flexibility index (Phi) is 6.55. The van der Waals surface area contributed by atoms with Crippen molar-refractivity contribution in [3.8, 4) is 28.7 Å². The summed E-state index contributed by atoms with van der Waals surface area (Å²) >= 11 is 0. The number of ether oxygens (including phenoxy) is 1. The van der Waals surface area contributed by atoms with E-state index in [2.05, 4.69) is 0 Å². The maximum absolute atomic E-state index is 12.7. The van der Waals surface area contributed by atoms with Crippen molar-refractivity contribution in [3.05, 3.63) is 40.5 Å². The van der Waals surface area contributed by atoms with Crippen LogP contribution in [0, 0.1) is 0 Å². The van der Waals surface area contributed by atoms with Gasteiger partial charge in [-0.3, -0.25) is 4.79 Å². The molecule has 2 aromatic rings. The summed E-state index contributed by atoms with van der Waals surface area (Å²) in [7, 11) is 0. The van der Waals surface area contributed by atoms with E-state index in [1.807, 2.05) is 0 Å². The van der Waals surface area contributed by atoms with E-state index >= 15 is 0 Å². The molecule has 0 amide bonds. The third-order valence-corrected chi connectivity index (χ3v) is 5.80. The summed E-state index contributed by atoms with van der Waals surface area (Å²) in [5, 5.41) is 62.0. The number of phenolic OH excluding ortho intramolecular Hbond substituents is 4. The highest BCUT2D eigenvalue weighted by molar-refractivity contribution is 6.02. The number of hydrogen-bond acceptors (Lipinski definition) is 8. The van der Waals surface area contributed by atoms with Gasteiger partial charge < -0.3 is 35.4 Å². The highest BCUT2D eigenvalue weighted by Gasteiger charge is 2.34. The molecule has 180 valence electrons. The zero-order valence-electron chi connectivity index (χ0n) is 19.3. The van der Waals surface area contributed by atoms with Crippen LogP contribution in [-0.2, 0) is 12.8 Å². The maximum atomic E-state index is 12.7. The van der Waals surface area contributed by atoms with Gasteiger partial charge >= 0.3 is 0 Å². The van der Waals surface area contributed by atoms with Gasteiger partial charge in [-0.1, -0.05) is 0 Å². The van der Waals surface area contributed by atoms with Crippen LogP contribution in [0.1, 0.15) is 80.1 Å². The molecular weight excluding hydrogens is 428 g/mol. The second-order valence-electron chi connectivity index (χ2n) is 10.00. The van der Waals surface area contributed by atoms with Crippen molar-refractivity contribution in [3.63, 3.8) is 0 Å². The van der Waals surface area contributed by atoms with Crippen LogP contribution in [0.15, 0.2) is 18.2 Å². The summed E-state index contributed by atoms with van der Waals surface area (Å²) < 4.78 is 5.89. The molecule has 3 rings (SSSR count). The zero-order chi connectivity index (χ0) is 24.7. The smallest absolute Gasteiger partial charge is 0.174 e. The topological polar surface area (TPSA) is 148 Å². The molecule has 0 bridgehead atoms. The molecule has 6 N–H and O–H groups in total. The third kappa shape index (κ3) is 5.69. The van der Waals surface area contributed by atoms with E-state index in [4.69, 9.17) is 4.74 Å². The molecule has 0 aromatic heterocycles. The molecule has 8 nitrogen and oxygen atoms in total. The molecule has 2 aromatic carbocycles. The molecule has 1 aliphatic heterocycles. The van der Waals surface area contributed by atoms with Crippen LogP contribution in [0.25, 0.3) is 0 Å². The molecule has 0 fully saturated rings. The van der Waals surface area contributed by atoms with Gasteiger partial charge in [0.2, 0.25) is 0 Å². The molecule has 0 spiro atoms. The molecule has 0 saturated carbocycles. The first-order valence-electron chi connectivity index (χ1n) is 10.9. The van der Waals surface area contributed by atoms with E-state index in [9.17, 15) is 35.4 Å². The van der Waals surface area contributed by atoms with Crippen LogP contribution >= 0.6 is 0 Å². The van der Waals surface area contributed by atoms with Gasteiger partial charge in [0, 0.05) is 23.3 Å². The third-order valence-electron chi connectivity index (χ3n) is 5.80. The van der Waals surface area contributed by atoms with Crippen molar-refractivity contribution in [2.75, 3.05) is 0 Å². The van der Waals surface area contributed by atoms with E-state index in [0.29, 0.717) is 18.4 Å². The van der Waals surface area contributed by atoms with Gasteiger partial charge in [0.1, 0.15) is 40.4 Å². The monoisotopic (exact) mass is 460 g/mol. The van der Waals surface area contributed by atoms with Crippen LogP contribution in [0.4, 0.5) is 0 Å². The van der Waals surface area contributed by atoms with Crippen LogP contribution in [0.3, 0.4) is 0 Å². The number of benzene rings is 2. The summed E-state index contributed by atoms with van der Waals surface area (Å²) in [4.78, 5) is 12.7. The van der Waals surface area contributed by atoms with E-state index in [0.717, 1.165) is 6.07 Å². The Morgan fingerprint density at radius 1 is 0.909 bits per heavy atom. The standard InChI is InChI=1S/C25H32O8/c1-24(2,31)7-5-13-9-16(23(30)15(22(13)29)6-8-25(3,4)32)19-12-18(28)21-17(27)10-14(26)11-20(21)33-19/h9-11,19,26-27,29-32H,5-8,12H2,1-4H3/t19-/m1/s1. The molecule has 1 aliphatic rings.